The van der Waals surface area contributed by atoms with Crippen LogP contribution >= 0.6 is 0 Å². The van der Waals surface area contributed by atoms with Crippen molar-refractivity contribution >= 4 is 17.4 Å². The third-order valence-electron chi connectivity index (χ3n) is 6.07. The van der Waals surface area contributed by atoms with Crippen molar-refractivity contribution < 1.29 is 4.79 Å². The van der Waals surface area contributed by atoms with E-state index in [1.165, 1.54) is 11.3 Å². The molecule has 2 fully saturated rings. The first kappa shape index (κ1) is 19.7. The van der Waals surface area contributed by atoms with Gasteiger partial charge in [0.05, 0.1) is 5.56 Å². The van der Waals surface area contributed by atoms with Crippen LogP contribution in [0, 0.1) is 6.92 Å². The fraction of sp³-hybridized carbons (Fsp3) is 0.478. The number of aromatic nitrogens is 1. The van der Waals surface area contributed by atoms with Gasteiger partial charge in [0.1, 0.15) is 5.82 Å². The summed E-state index contributed by atoms with van der Waals surface area (Å²) >= 11 is 0. The van der Waals surface area contributed by atoms with Gasteiger partial charge in [0.2, 0.25) is 0 Å². The highest BCUT2D eigenvalue weighted by molar-refractivity contribution is 5.94. The van der Waals surface area contributed by atoms with Gasteiger partial charge >= 0.3 is 0 Å². The fourth-order valence-corrected chi connectivity index (χ4v) is 4.17. The third kappa shape index (κ3) is 4.53. The summed E-state index contributed by atoms with van der Waals surface area (Å²) in [6.45, 7) is 12.8. The normalized spacial score (nSPS) is 18.2. The zero-order chi connectivity index (χ0) is 20.2. The van der Waals surface area contributed by atoms with Gasteiger partial charge in [-0.05, 0) is 43.3 Å². The number of pyridine rings is 1. The number of hydrogen-bond donors (Lipinski definition) is 0. The van der Waals surface area contributed by atoms with Gasteiger partial charge in [0.15, 0.2) is 0 Å². The van der Waals surface area contributed by atoms with Crippen LogP contribution in [-0.4, -0.2) is 79.6 Å². The van der Waals surface area contributed by atoms with Crippen LogP contribution in [0.25, 0.3) is 0 Å². The first-order valence-electron chi connectivity index (χ1n) is 10.7. The van der Waals surface area contributed by atoms with E-state index in [4.69, 9.17) is 0 Å². The van der Waals surface area contributed by atoms with Crippen LogP contribution in [0.5, 0.6) is 0 Å². The Bertz CT molecular complexity index is 821. The van der Waals surface area contributed by atoms with Crippen molar-refractivity contribution in [2.24, 2.45) is 0 Å². The zero-order valence-electron chi connectivity index (χ0n) is 17.5. The Morgan fingerprint density at radius 3 is 2.28 bits per heavy atom. The molecule has 0 bridgehead atoms. The minimum Gasteiger partial charge on any atom is -0.368 e. The number of aryl methyl sites for hydroxylation is 1. The molecule has 2 aromatic rings. The van der Waals surface area contributed by atoms with Crippen molar-refractivity contribution in [2.45, 2.75) is 13.8 Å². The number of carbonyl (C=O) groups is 1. The molecule has 0 spiro atoms. The third-order valence-corrected chi connectivity index (χ3v) is 6.07. The van der Waals surface area contributed by atoms with Crippen LogP contribution < -0.4 is 9.80 Å². The molecule has 154 valence electrons. The molecule has 0 N–H and O–H groups in total. The fourth-order valence-electron chi connectivity index (χ4n) is 4.17. The number of piperazine rings is 2. The molecule has 1 amide bonds. The highest BCUT2D eigenvalue weighted by Crippen LogP contribution is 2.19. The van der Waals surface area contributed by atoms with E-state index in [1.54, 1.807) is 6.20 Å². The van der Waals surface area contributed by atoms with Gasteiger partial charge in [0, 0.05) is 64.2 Å². The Hall–Kier alpha value is -2.60. The maximum absolute atomic E-state index is 12.9. The van der Waals surface area contributed by atoms with E-state index in [2.05, 4.69) is 57.8 Å². The molecule has 1 aromatic carbocycles. The number of hydrogen-bond acceptors (Lipinski definition) is 5. The average molecular weight is 394 g/mol. The van der Waals surface area contributed by atoms with Crippen molar-refractivity contribution in [1.82, 2.24) is 14.8 Å². The minimum atomic E-state index is 0.0868. The Morgan fingerprint density at radius 2 is 1.66 bits per heavy atom. The molecule has 0 unspecified atom stereocenters. The first-order valence-corrected chi connectivity index (χ1v) is 10.7. The Labute approximate surface area is 173 Å². The monoisotopic (exact) mass is 393 g/mol. The minimum absolute atomic E-state index is 0.0868. The van der Waals surface area contributed by atoms with Crippen LogP contribution in [0.1, 0.15) is 22.8 Å². The number of likely N-dealkylation sites (N-methyl/N-ethyl adjacent to an activating group) is 1. The van der Waals surface area contributed by atoms with Gasteiger partial charge in [-0.25, -0.2) is 4.98 Å². The van der Waals surface area contributed by atoms with E-state index in [0.717, 1.165) is 64.7 Å². The lowest BCUT2D eigenvalue weighted by Crippen LogP contribution is -2.49. The lowest BCUT2D eigenvalue weighted by Gasteiger charge is -2.36. The summed E-state index contributed by atoms with van der Waals surface area (Å²) in [6, 6.07) is 12.5. The highest BCUT2D eigenvalue weighted by atomic mass is 16.2. The molecular weight excluding hydrogens is 362 g/mol. The number of anilines is 2. The number of amides is 1. The van der Waals surface area contributed by atoms with E-state index in [1.807, 2.05) is 17.0 Å². The molecule has 6 nitrogen and oxygen atoms in total. The van der Waals surface area contributed by atoms with Gasteiger partial charge in [-0.1, -0.05) is 19.1 Å². The second kappa shape index (κ2) is 8.82. The summed E-state index contributed by atoms with van der Waals surface area (Å²) in [7, 11) is 0. The van der Waals surface area contributed by atoms with Crippen LogP contribution in [0.2, 0.25) is 0 Å². The van der Waals surface area contributed by atoms with E-state index in [0.29, 0.717) is 5.56 Å². The molecule has 1 aromatic heterocycles. The second-order valence-corrected chi connectivity index (χ2v) is 7.94. The van der Waals surface area contributed by atoms with Crippen LogP contribution in [0.15, 0.2) is 42.6 Å². The SMILES string of the molecule is CCN1CCN(c2ccc(C(=O)N3CCN(c4cccc(C)c4)CC3)cn2)CC1. The largest absolute Gasteiger partial charge is 0.368 e. The predicted molar refractivity (Wildman–Crippen MR) is 118 cm³/mol. The van der Waals surface area contributed by atoms with Crippen LogP contribution in [-0.2, 0) is 0 Å². The van der Waals surface area contributed by atoms with Crippen LogP contribution in [0.4, 0.5) is 11.5 Å². The summed E-state index contributed by atoms with van der Waals surface area (Å²) < 4.78 is 0. The first-order chi connectivity index (χ1) is 14.1. The smallest absolute Gasteiger partial charge is 0.255 e. The standard InChI is InChI=1S/C23H31N5O/c1-3-25-9-11-27(12-10-25)22-8-7-20(18-24-22)23(29)28-15-13-26(14-16-28)21-6-4-5-19(2)17-21/h4-8,17-18H,3,9-16H2,1-2H3. The Morgan fingerprint density at radius 1 is 0.931 bits per heavy atom. The lowest BCUT2D eigenvalue weighted by molar-refractivity contribution is 0.0746. The van der Waals surface area contributed by atoms with Crippen molar-refractivity contribution in [3.05, 3.63) is 53.7 Å². The predicted octanol–water partition coefficient (Wildman–Crippen LogP) is 2.49. The molecule has 2 aliphatic rings. The molecule has 2 saturated heterocycles. The van der Waals surface area contributed by atoms with Gasteiger partial charge in [-0.15, -0.1) is 0 Å². The van der Waals surface area contributed by atoms with E-state index >= 15 is 0 Å². The van der Waals surface area contributed by atoms with Crippen molar-refractivity contribution in [1.29, 1.82) is 0 Å². The highest BCUT2D eigenvalue weighted by Gasteiger charge is 2.23. The number of benzene rings is 1. The number of nitrogens with zero attached hydrogens (tertiary/aromatic N) is 5. The number of carbonyl (C=O) groups excluding carboxylic acids is 1. The molecule has 29 heavy (non-hydrogen) atoms. The van der Waals surface area contributed by atoms with Crippen molar-refractivity contribution in [2.75, 3.05) is 68.7 Å². The summed E-state index contributed by atoms with van der Waals surface area (Å²) in [4.78, 5) is 26.6. The molecular formula is C23H31N5O. The van der Waals surface area contributed by atoms with E-state index in [9.17, 15) is 4.79 Å². The second-order valence-electron chi connectivity index (χ2n) is 7.94. The van der Waals surface area contributed by atoms with Crippen molar-refractivity contribution in [3.63, 3.8) is 0 Å². The van der Waals surface area contributed by atoms with Gasteiger partial charge in [-0.2, -0.15) is 0 Å². The molecule has 0 atom stereocenters. The molecule has 3 heterocycles. The summed E-state index contributed by atoms with van der Waals surface area (Å²) in [5.74, 6) is 1.06. The Balaban J connectivity index is 1.33. The van der Waals surface area contributed by atoms with E-state index in [-0.39, 0.29) is 5.91 Å². The lowest BCUT2D eigenvalue weighted by atomic mass is 10.1. The Kier molecular flexibility index (Phi) is 6.00. The molecule has 6 heteroatoms. The van der Waals surface area contributed by atoms with Crippen LogP contribution in [0.3, 0.4) is 0 Å². The molecule has 4 rings (SSSR count). The summed E-state index contributed by atoms with van der Waals surface area (Å²) in [6.07, 6.45) is 1.75. The van der Waals surface area contributed by atoms with Crippen molar-refractivity contribution in [3.8, 4) is 0 Å². The molecule has 0 aliphatic carbocycles. The zero-order valence-corrected chi connectivity index (χ0v) is 17.5. The maximum atomic E-state index is 12.9. The average Bonchev–Trinajstić information content (AvgIpc) is 2.79. The van der Waals surface area contributed by atoms with Gasteiger partial charge < -0.3 is 19.6 Å². The molecule has 2 aliphatic heterocycles. The maximum Gasteiger partial charge on any atom is 0.255 e. The summed E-state index contributed by atoms with van der Waals surface area (Å²) in [5.41, 5.74) is 3.19. The summed E-state index contributed by atoms with van der Waals surface area (Å²) in [5, 5.41) is 0. The number of rotatable bonds is 4. The quantitative estimate of drug-likeness (QED) is 0.799. The van der Waals surface area contributed by atoms with Gasteiger partial charge in [-0.3, -0.25) is 4.79 Å². The topological polar surface area (TPSA) is 42.9 Å². The van der Waals surface area contributed by atoms with E-state index < -0.39 is 0 Å². The van der Waals surface area contributed by atoms with Gasteiger partial charge in [0.25, 0.3) is 5.91 Å². The molecule has 0 saturated carbocycles. The molecule has 0 radical (unpaired) electrons.